The molecule has 14 heavy (non-hydrogen) atoms. The molecule has 0 spiro atoms. The average molecular weight is 197 g/mol. The molecule has 4 heteroatoms. The third-order valence-corrected chi connectivity index (χ3v) is 2.93. The second kappa shape index (κ2) is 3.26. The van der Waals surface area contributed by atoms with Gasteiger partial charge < -0.3 is 10.0 Å². The molecule has 0 aromatic rings. The van der Waals surface area contributed by atoms with Gasteiger partial charge in [-0.1, -0.05) is 0 Å². The molecule has 0 aromatic heterocycles. The fourth-order valence-corrected chi connectivity index (χ4v) is 1.99. The molecule has 1 unspecified atom stereocenters. The Bertz CT molecular complexity index is 241. The summed E-state index contributed by atoms with van der Waals surface area (Å²) in [5, 5.41) is 9.09. The molecule has 2 aliphatic rings. The molecule has 0 bridgehead atoms. The van der Waals surface area contributed by atoms with E-state index >= 15 is 0 Å². The minimum atomic E-state index is -0.838. The van der Waals surface area contributed by atoms with E-state index < -0.39 is 12.0 Å². The molecule has 2 fully saturated rings. The first-order valence-electron chi connectivity index (χ1n) is 5.13. The molecular formula is C10H15NO3. The second-order valence-electron chi connectivity index (χ2n) is 4.28. The van der Waals surface area contributed by atoms with Crippen molar-refractivity contribution in [1.82, 2.24) is 4.90 Å². The number of hydrogen-bond acceptors (Lipinski definition) is 2. The minimum absolute atomic E-state index is 0.0909. The van der Waals surface area contributed by atoms with Crippen LogP contribution in [0, 0.1) is 5.92 Å². The van der Waals surface area contributed by atoms with Gasteiger partial charge in [0.25, 0.3) is 0 Å². The van der Waals surface area contributed by atoms with Crippen molar-refractivity contribution in [3.8, 4) is 0 Å². The molecule has 0 aromatic carbocycles. The quantitative estimate of drug-likeness (QED) is 0.727. The van der Waals surface area contributed by atoms with Gasteiger partial charge in [0, 0.05) is 13.0 Å². The van der Waals surface area contributed by atoms with Crippen LogP contribution in [0.3, 0.4) is 0 Å². The molecule has 1 N–H and O–H groups in total. The smallest absolute Gasteiger partial charge is 0.326 e. The Morgan fingerprint density at radius 3 is 2.14 bits per heavy atom. The highest BCUT2D eigenvalue weighted by Gasteiger charge is 2.46. The maximum atomic E-state index is 11.4. The number of carbonyl (C=O) groups excluding carboxylic acids is 1. The summed E-state index contributed by atoms with van der Waals surface area (Å²) >= 11 is 0. The Kier molecular flexibility index (Phi) is 2.21. The molecule has 2 saturated carbocycles. The number of aliphatic carboxylic acids is 1. The summed E-state index contributed by atoms with van der Waals surface area (Å²) in [6, 6.07) is -0.353. The molecule has 2 rings (SSSR count). The van der Waals surface area contributed by atoms with Crippen molar-refractivity contribution in [3.63, 3.8) is 0 Å². The van der Waals surface area contributed by atoms with Gasteiger partial charge in [0.15, 0.2) is 0 Å². The molecule has 0 aliphatic heterocycles. The lowest BCUT2D eigenvalue weighted by Crippen LogP contribution is -2.46. The van der Waals surface area contributed by atoms with Crippen LogP contribution < -0.4 is 0 Å². The van der Waals surface area contributed by atoms with E-state index in [0.717, 1.165) is 25.7 Å². The van der Waals surface area contributed by atoms with E-state index in [1.165, 1.54) is 6.92 Å². The van der Waals surface area contributed by atoms with E-state index in [4.69, 9.17) is 5.11 Å². The van der Waals surface area contributed by atoms with Crippen LogP contribution in [0.25, 0.3) is 0 Å². The molecule has 2 aliphatic carbocycles. The molecule has 1 atom stereocenters. The molecule has 0 heterocycles. The van der Waals surface area contributed by atoms with Crippen molar-refractivity contribution < 1.29 is 14.7 Å². The minimum Gasteiger partial charge on any atom is -0.480 e. The van der Waals surface area contributed by atoms with E-state index in [0.29, 0.717) is 0 Å². The van der Waals surface area contributed by atoms with Gasteiger partial charge in [-0.05, 0) is 31.6 Å². The van der Waals surface area contributed by atoms with Gasteiger partial charge in [0.05, 0.1) is 0 Å². The Balaban J connectivity index is 2.12. The average Bonchev–Trinajstić information content (AvgIpc) is 2.91. The van der Waals surface area contributed by atoms with Gasteiger partial charge in [-0.25, -0.2) is 4.79 Å². The first-order chi connectivity index (χ1) is 6.61. The van der Waals surface area contributed by atoms with Crippen LogP contribution in [0.1, 0.15) is 32.6 Å². The zero-order chi connectivity index (χ0) is 10.3. The highest BCUT2D eigenvalue weighted by Crippen LogP contribution is 2.40. The van der Waals surface area contributed by atoms with Gasteiger partial charge in [-0.15, -0.1) is 0 Å². The summed E-state index contributed by atoms with van der Waals surface area (Å²) in [4.78, 5) is 24.0. The molecular weight excluding hydrogens is 182 g/mol. The van der Waals surface area contributed by atoms with Crippen LogP contribution in [0.15, 0.2) is 0 Å². The summed E-state index contributed by atoms with van der Waals surface area (Å²) in [6.45, 7) is 1.47. The SMILES string of the molecule is CC(=O)N(C1CC1)C(C(=O)O)C1CC1. The first-order valence-corrected chi connectivity index (χ1v) is 5.13. The molecule has 4 nitrogen and oxygen atoms in total. The fraction of sp³-hybridized carbons (Fsp3) is 0.800. The van der Waals surface area contributed by atoms with E-state index in [1.807, 2.05) is 0 Å². The highest BCUT2D eigenvalue weighted by molar-refractivity contribution is 5.83. The number of amides is 1. The van der Waals surface area contributed by atoms with Crippen molar-refractivity contribution in [2.24, 2.45) is 5.92 Å². The van der Waals surface area contributed by atoms with Gasteiger partial charge in [0.1, 0.15) is 6.04 Å². The van der Waals surface area contributed by atoms with Gasteiger partial charge in [-0.2, -0.15) is 0 Å². The zero-order valence-corrected chi connectivity index (χ0v) is 8.27. The van der Waals surface area contributed by atoms with Crippen molar-refractivity contribution in [3.05, 3.63) is 0 Å². The van der Waals surface area contributed by atoms with Crippen molar-refractivity contribution in [2.45, 2.75) is 44.7 Å². The lowest BCUT2D eigenvalue weighted by Gasteiger charge is -2.27. The maximum absolute atomic E-state index is 11.4. The van der Waals surface area contributed by atoms with Crippen molar-refractivity contribution in [2.75, 3.05) is 0 Å². The van der Waals surface area contributed by atoms with Crippen LogP contribution >= 0.6 is 0 Å². The number of carbonyl (C=O) groups is 2. The van der Waals surface area contributed by atoms with Crippen LogP contribution in [0.5, 0.6) is 0 Å². The largest absolute Gasteiger partial charge is 0.480 e. The highest BCUT2D eigenvalue weighted by atomic mass is 16.4. The number of carboxylic acids is 1. The normalized spacial score (nSPS) is 22.9. The molecule has 78 valence electrons. The Morgan fingerprint density at radius 2 is 1.86 bits per heavy atom. The van der Waals surface area contributed by atoms with Crippen LogP contribution in [-0.4, -0.2) is 34.0 Å². The van der Waals surface area contributed by atoms with Crippen LogP contribution in [-0.2, 0) is 9.59 Å². The van der Waals surface area contributed by atoms with Crippen molar-refractivity contribution in [1.29, 1.82) is 0 Å². The lowest BCUT2D eigenvalue weighted by atomic mass is 10.1. The number of rotatable bonds is 4. The summed E-state index contributed by atoms with van der Waals surface area (Å²) in [5.41, 5.74) is 0. The predicted molar refractivity (Wildman–Crippen MR) is 49.7 cm³/mol. The van der Waals surface area contributed by atoms with Gasteiger partial charge >= 0.3 is 5.97 Å². The molecule has 0 saturated heterocycles. The number of hydrogen-bond donors (Lipinski definition) is 1. The van der Waals surface area contributed by atoms with E-state index in [9.17, 15) is 9.59 Å². The third-order valence-electron chi connectivity index (χ3n) is 2.93. The first kappa shape index (κ1) is 9.49. The summed E-state index contributed by atoms with van der Waals surface area (Å²) in [7, 11) is 0. The van der Waals surface area contributed by atoms with Gasteiger partial charge in [-0.3, -0.25) is 4.79 Å². The van der Waals surface area contributed by atoms with E-state index in [-0.39, 0.29) is 17.9 Å². The lowest BCUT2D eigenvalue weighted by molar-refractivity contribution is -0.151. The Labute approximate surface area is 82.9 Å². The zero-order valence-electron chi connectivity index (χ0n) is 8.27. The van der Waals surface area contributed by atoms with Gasteiger partial charge in [0.2, 0.25) is 5.91 Å². The van der Waals surface area contributed by atoms with Crippen LogP contribution in [0.4, 0.5) is 0 Å². The third kappa shape index (κ3) is 1.74. The predicted octanol–water partition coefficient (Wildman–Crippen LogP) is 0.860. The Hall–Kier alpha value is -1.06. The standard InChI is InChI=1S/C10H15NO3/c1-6(12)11(8-4-5-8)9(10(13)14)7-2-3-7/h7-9H,2-5H2,1H3,(H,13,14). The molecule has 1 amide bonds. The number of nitrogens with zero attached hydrogens (tertiary/aromatic N) is 1. The maximum Gasteiger partial charge on any atom is 0.326 e. The fourth-order valence-electron chi connectivity index (χ4n) is 1.99. The van der Waals surface area contributed by atoms with E-state index in [1.54, 1.807) is 4.90 Å². The number of carboxylic acid groups (broad SMARTS) is 1. The summed E-state index contributed by atoms with van der Waals surface area (Å²) in [5.74, 6) is -0.724. The van der Waals surface area contributed by atoms with E-state index in [2.05, 4.69) is 0 Å². The van der Waals surface area contributed by atoms with Crippen molar-refractivity contribution >= 4 is 11.9 Å². The summed E-state index contributed by atoms with van der Waals surface area (Å²) < 4.78 is 0. The monoisotopic (exact) mass is 197 g/mol. The van der Waals surface area contributed by atoms with Crippen LogP contribution in [0.2, 0.25) is 0 Å². The topological polar surface area (TPSA) is 57.6 Å². The Morgan fingerprint density at radius 1 is 1.29 bits per heavy atom. The second-order valence-corrected chi connectivity index (χ2v) is 4.28. The molecule has 0 radical (unpaired) electrons. The summed E-state index contributed by atoms with van der Waals surface area (Å²) in [6.07, 6.45) is 3.84.